The number of ether oxygens (including phenoxy) is 2. The van der Waals surface area contributed by atoms with Crippen molar-refractivity contribution in [2.24, 2.45) is 0 Å². The van der Waals surface area contributed by atoms with Gasteiger partial charge < -0.3 is 14.4 Å². The molecule has 0 aromatic heterocycles. The van der Waals surface area contributed by atoms with Gasteiger partial charge in [-0.15, -0.1) is 0 Å². The predicted octanol–water partition coefficient (Wildman–Crippen LogP) is 4.15. The number of carbonyl (C=O) groups is 1. The van der Waals surface area contributed by atoms with Gasteiger partial charge in [0.25, 0.3) is 5.91 Å². The molecule has 25 heavy (non-hydrogen) atoms. The summed E-state index contributed by atoms with van der Waals surface area (Å²) in [6.07, 6.45) is 1.57. The quantitative estimate of drug-likeness (QED) is 0.754. The minimum atomic E-state index is -0.523. The number of halogens is 1. The Labute approximate surface area is 156 Å². The fourth-order valence-electron chi connectivity index (χ4n) is 2.76. The van der Waals surface area contributed by atoms with Gasteiger partial charge in [0, 0.05) is 17.6 Å². The van der Waals surface area contributed by atoms with E-state index in [0.29, 0.717) is 18.8 Å². The highest BCUT2D eigenvalue weighted by atomic mass is 79.9. The molecule has 2 aromatic rings. The summed E-state index contributed by atoms with van der Waals surface area (Å²) >= 11 is 3.39. The standard InChI is InChI=1S/C20H20BrNO3/c1-14(25-19-9-5-17(21)6-10-19)20(23)22-12-11-16(13-22)15-3-7-18(24-2)8-4-15/h3-11,14H,12-13H2,1-2H3. The summed E-state index contributed by atoms with van der Waals surface area (Å²) < 4.78 is 11.9. The average molecular weight is 402 g/mol. The normalized spacial score (nSPS) is 14.8. The zero-order valence-corrected chi connectivity index (χ0v) is 15.8. The number of benzene rings is 2. The van der Waals surface area contributed by atoms with Crippen LogP contribution in [0, 0.1) is 0 Å². The number of nitrogens with zero attached hydrogens (tertiary/aromatic N) is 1. The Bertz CT molecular complexity index is 769. The largest absolute Gasteiger partial charge is 0.497 e. The average Bonchev–Trinajstić information content (AvgIpc) is 3.13. The van der Waals surface area contributed by atoms with Crippen molar-refractivity contribution in [3.8, 4) is 11.5 Å². The number of methoxy groups -OCH3 is 1. The Kier molecular flexibility index (Phi) is 5.43. The molecule has 0 N–H and O–H groups in total. The Morgan fingerprint density at radius 1 is 1.08 bits per heavy atom. The molecule has 1 aliphatic heterocycles. The zero-order valence-electron chi connectivity index (χ0n) is 14.2. The first-order valence-electron chi connectivity index (χ1n) is 8.11. The molecule has 0 fully saturated rings. The van der Waals surface area contributed by atoms with E-state index >= 15 is 0 Å². The maximum Gasteiger partial charge on any atom is 0.263 e. The third-order valence-electron chi connectivity index (χ3n) is 4.17. The van der Waals surface area contributed by atoms with Crippen LogP contribution in [0.5, 0.6) is 11.5 Å². The van der Waals surface area contributed by atoms with Crippen LogP contribution < -0.4 is 9.47 Å². The van der Waals surface area contributed by atoms with Crippen molar-refractivity contribution in [3.63, 3.8) is 0 Å². The van der Waals surface area contributed by atoms with Crippen molar-refractivity contribution >= 4 is 27.4 Å². The summed E-state index contributed by atoms with van der Waals surface area (Å²) in [7, 11) is 1.65. The minimum absolute atomic E-state index is 0.0114. The Morgan fingerprint density at radius 3 is 2.36 bits per heavy atom. The molecule has 0 bridgehead atoms. The summed E-state index contributed by atoms with van der Waals surface area (Å²) in [6.45, 7) is 2.99. The summed E-state index contributed by atoms with van der Waals surface area (Å²) in [4.78, 5) is 14.4. The molecule has 0 spiro atoms. The van der Waals surface area contributed by atoms with Gasteiger partial charge in [-0.05, 0) is 54.5 Å². The van der Waals surface area contributed by atoms with Crippen molar-refractivity contribution in [1.82, 2.24) is 4.90 Å². The molecule has 1 amide bonds. The maximum atomic E-state index is 12.6. The van der Waals surface area contributed by atoms with Crippen LogP contribution in [0.3, 0.4) is 0 Å². The van der Waals surface area contributed by atoms with Crippen molar-refractivity contribution in [2.45, 2.75) is 13.0 Å². The fraction of sp³-hybridized carbons (Fsp3) is 0.250. The smallest absolute Gasteiger partial charge is 0.263 e. The van der Waals surface area contributed by atoms with Crippen molar-refractivity contribution in [1.29, 1.82) is 0 Å². The van der Waals surface area contributed by atoms with Crippen LogP contribution in [-0.4, -0.2) is 37.1 Å². The molecule has 4 nitrogen and oxygen atoms in total. The molecule has 1 unspecified atom stereocenters. The molecule has 0 aliphatic carbocycles. The minimum Gasteiger partial charge on any atom is -0.497 e. The van der Waals surface area contributed by atoms with Crippen molar-refractivity contribution in [3.05, 3.63) is 64.6 Å². The second-order valence-corrected chi connectivity index (χ2v) is 6.81. The molecule has 130 valence electrons. The molecule has 1 heterocycles. The van der Waals surface area contributed by atoms with Crippen LogP contribution in [0.4, 0.5) is 0 Å². The highest BCUT2D eigenvalue weighted by Gasteiger charge is 2.26. The van der Waals surface area contributed by atoms with Gasteiger partial charge in [-0.25, -0.2) is 0 Å². The summed E-state index contributed by atoms with van der Waals surface area (Å²) in [5, 5.41) is 0. The molecule has 3 rings (SSSR count). The molecule has 0 saturated heterocycles. The lowest BCUT2D eigenvalue weighted by molar-refractivity contribution is -0.136. The Hall–Kier alpha value is -2.27. The van der Waals surface area contributed by atoms with E-state index in [1.807, 2.05) is 53.4 Å². The zero-order chi connectivity index (χ0) is 17.8. The molecular weight excluding hydrogens is 382 g/mol. The number of amides is 1. The summed E-state index contributed by atoms with van der Waals surface area (Å²) in [6, 6.07) is 15.4. The maximum absolute atomic E-state index is 12.6. The first kappa shape index (κ1) is 17.5. The van der Waals surface area contributed by atoms with E-state index in [4.69, 9.17) is 9.47 Å². The van der Waals surface area contributed by atoms with Crippen LogP contribution in [-0.2, 0) is 4.79 Å². The topological polar surface area (TPSA) is 38.8 Å². The third kappa shape index (κ3) is 4.23. The molecule has 5 heteroatoms. The van der Waals surface area contributed by atoms with Crippen LogP contribution in [0.15, 0.2) is 59.1 Å². The monoisotopic (exact) mass is 401 g/mol. The fourth-order valence-corrected chi connectivity index (χ4v) is 3.03. The van der Waals surface area contributed by atoms with Gasteiger partial charge in [-0.2, -0.15) is 0 Å². The molecule has 1 atom stereocenters. The highest BCUT2D eigenvalue weighted by molar-refractivity contribution is 9.10. The van der Waals surface area contributed by atoms with Gasteiger partial charge in [0.15, 0.2) is 6.10 Å². The van der Waals surface area contributed by atoms with Gasteiger partial charge in [0.05, 0.1) is 7.11 Å². The van der Waals surface area contributed by atoms with Crippen LogP contribution >= 0.6 is 15.9 Å². The van der Waals surface area contributed by atoms with Crippen molar-refractivity contribution in [2.75, 3.05) is 20.2 Å². The first-order chi connectivity index (χ1) is 12.1. The summed E-state index contributed by atoms with van der Waals surface area (Å²) in [5.41, 5.74) is 2.25. The lowest BCUT2D eigenvalue weighted by Crippen LogP contribution is -2.39. The molecule has 2 aromatic carbocycles. The van der Waals surface area contributed by atoms with Gasteiger partial charge in [0.2, 0.25) is 0 Å². The number of carbonyl (C=O) groups excluding carboxylic acids is 1. The molecule has 0 radical (unpaired) electrons. The van der Waals surface area contributed by atoms with E-state index in [2.05, 4.69) is 22.0 Å². The van der Waals surface area contributed by atoms with E-state index in [9.17, 15) is 4.79 Å². The number of hydrogen-bond donors (Lipinski definition) is 0. The molecular formula is C20H20BrNO3. The second-order valence-electron chi connectivity index (χ2n) is 5.89. The Morgan fingerprint density at radius 2 is 1.72 bits per heavy atom. The number of rotatable bonds is 5. The van der Waals surface area contributed by atoms with Crippen LogP contribution in [0.25, 0.3) is 5.57 Å². The van der Waals surface area contributed by atoms with Crippen LogP contribution in [0.2, 0.25) is 0 Å². The van der Waals surface area contributed by atoms with E-state index in [0.717, 1.165) is 21.4 Å². The van der Waals surface area contributed by atoms with Gasteiger partial charge in [-0.3, -0.25) is 4.79 Å². The van der Waals surface area contributed by atoms with E-state index < -0.39 is 6.10 Å². The van der Waals surface area contributed by atoms with Gasteiger partial charge in [0.1, 0.15) is 11.5 Å². The van der Waals surface area contributed by atoms with E-state index in [-0.39, 0.29) is 5.91 Å². The van der Waals surface area contributed by atoms with Crippen LogP contribution in [0.1, 0.15) is 12.5 Å². The lowest BCUT2D eigenvalue weighted by atomic mass is 10.1. The highest BCUT2D eigenvalue weighted by Crippen LogP contribution is 2.24. The van der Waals surface area contributed by atoms with Gasteiger partial charge >= 0.3 is 0 Å². The van der Waals surface area contributed by atoms with Gasteiger partial charge in [-0.1, -0.05) is 34.1 Å². The molecule has 1 aliphatic rings. The SMILES string of the molecule is COc1ccc(C2=CCN(C(=O)C(C)Oc3ccc(Br)cc3)C2)cc1. The van der Waals surface area contributed by atoms with E-state index in [1.165, 1.54) is 0 Å². The second kappa shape index (κ2) is 7.74. The Balaban J connectivity index is 1.59. The van der Waals surface area contributed by atoms with E-state index in [1.54, 1.807) is 14.0 Å². The number of hydrogen-bond acceptors (Lipinski definition) is 3. The lowest BCUT2D eigenvalue weighted by Gasteiger charge is -2.22. The molecule has 0 saturated carbocycles. The summed E-state index contributed by atoms with van der Waals surface area (Å²) in [5.74, 6) is 1.50. The van der Waals surface area contributed by atoms with Crippen molar-refractivity contribution < 1.29 is 14.3 Å². The predicted molar refractivity (Wildman–Crippen MR) is 102 cm³/mol. The third-order valence-corrected chi connectivity index (χ3v) is 4.69. The first-order valence-corrected chi connectivity index (χ1v) is 8.90.